The Hall–Kier alpha value is -2.71. The van der Waals surface area contributed by atoms with Crippen LogP contribution in [0.5, 0.6) is 0 Å². The monoisotopic (exact) mass is 427 g/mol. The third-order valence-corrected chi connectivity index (χ3v) is 6.38. The first-order valence-corrected chi connectivity index (χ1v) is 10.4. The second-order valence-corrected chi connectivity index (χ2v) is 8.30. The molecule has 0 aromatic carbocycles. The number of aryl methyl sites for hydroxylation is 1. The summed E-state index contributed by atoms with van der Waals surface area (Å²) in [6.07, 6.45) is 6.53. The van der Waals surface area contributed by atoms with E-state index < -0.39 is 0 Å². The Morgan fingerprint density at radius 3 is 2.63 bits per heavy atom. The van der Waals surface area contributed by atoms with E-state index in [9.17, 15) is 4.79 Å². The minimum absolute atomic E-state index is 0.0810. The molecule has 3 aromatic heterocycles. The summed E-state index contributed by atoms with van der Waals surface area (Å²) < 4.78 is 12.6. The first-order chi connectivity index (χ1) is 14.5. The van der Waals surface area contributed by atoms with E-state index in [2.05, 4.69) is 20.1 Å². The summed E-state index contributed by atoms with van der Waals surface area (Å²) >= 11 is 5.88. The van der Waals surface area contributed by atoms with Crippen LogP contribution in [0.25, 0.3) is 11.3 Å². The number of rotatable bonds is 4. The Morgan fingerprint density at radius 1 is 1.20 bits per heavy atom. The molecule has 5 rings (SSSR count). The highest BCUT2D eigenvalue weighted by Crippen LogP contribution is 2.37. The lowest BCUT2D eigenvalue weighted by atomic mass is 9.84. The lowest BCUT2D eigenvalue weighted by Crippen LogP contribution is -2.52. The summed E-state index contributed by atoms with van der Waals surface area (Å²) in [6.45, 7) is 4.71. The Morgan fingerprint density at radius 2 is 2.00 bits per heavy atom. The molecule has 5 heterocycles. The normalized spacial score (nSPS) is 17.9. The molecule has 0 aliphatic carbocycles. The van der Waals surface area contributed by atoms with Crippen molar-refractivity contribution in [1.82, 2.24) is 19.9 Å². The van der Waals surface area contributed by atoms with Crippen molar-refractivity contribution in [3.05, 3.63) is 57.4 Å². The van der Waals surface area contributed by atoms with Crippen molar-refractivity contribution in [2.75, 3.05) is 24.6 Å². The number of ether oxygens (including phenoxy) is 1. The van der Waals surface area contributed by atoms with E-state index in [1.165, 1.54) is 4.68 Å². The van der Waals surface area contributed by atoms with E-state index in [0.717, 1.165) is 55.8 Å². The molecule has 2 aliphatic heterocycles. The van der Waals surface area contributed by atoms with Gasteiger partial charge in [0.25, 0.3) is 5.56 Å². The molecule has 0 atom stereocenters. The fourth-order valence-electron chi connectivity index (χ4n) is 4.14. The van der Waals surface area contributed by atoms with Crippen LogP contribution < -0.4 is 10.5 Å². The first kappa shape index (κ1) is 19.3. The van der Waals surface area contributed by atoms with Crippen LogP contribution in [0.15, 0.2) is 39.9 Å². The summed E-state index contributed by atoms with van der Waals surface area (Å²) in [4.78, 5) is 19.1. The summed E-state index contributed by atoms with van der Waals surface area (Å²) in [5.74, 6) is 0.638. The van der Waals surface area contributed by atoms with Crippen LogP contribution in [0, 0.1) is 6.92 Å². The van der Waals surface area contributed by atoms with Gasteiger partial charge in [0.05, 0.1) is 30.6 Å². The minimum Gasteiger partial charge on any atom is -0.375 e. The van der Waals surface area contributed by atoms with Crippen molar-refractivity contribution >= 4 is 17.3 Å². The Balaban J connectivity index is 1.36. The molecule has 0 bridgehead atoms. The maximum atomic E-state index is 12.8. The van der Waals surface area contributed by atoms with Gasteiger partial charge < -0.3 is 14.2 Å². The molecule has 2 fully saturated rings. The number of piperidine rings is 1. The highest BCUT2D eigenvalue weighted by atomic mass is 35.5. The number of nitrogens with zero attached hydrogens (tertiary/aromatic N) is 5. The average Bonchev–Trinajstić information content (AvgIpc) is 3.09. The fourth-order valence-corrected chi connectivity index (χ4v) is 4.25. The lowest BCUT2D eigenvalue weighted by molar-refractivity contribution is -0.158. The lowest BCUT2D eigenvalue weighted by Gasteiger charge is -2.48. The van der Waals surface area contributed by atoms with Gasteiger partial charge in [-0.3, -0.25) is 4.79 Å². The first-order valence-electron chi connectivity index (χ1n) is 10.1. The van der Waals surface area contributed by atoms with Gasteiger partial charge in [0, 0.05) is 36.5 Å². The molecule has 3 aromatic rings. The van der Waals surface area contributed by atoms with E-state index in [1.54, 1.807) is 24.5 Å². The van der Waals surface area contributed by atoms with Gasteiger partial charge in [-0.25, -0.2) is 9.67 Å². The Kier molecular flexibility index (Phi) is 4.83. The molecule has 0 unspecified atom stereocenters. The predicted molar refractivity (Wildman–Crippen MR) is 112 cm³/mol. The molecule has 9 heteroatoms. The van der Waals surface area contributed by atoms with Gasteiger partial charge >= 0.3 is 0 Å². The van der Waals surface area contributed by atoms with Crippen LogP contribution in [0.3, 0.4) is 0 Å². The van der Waals surface area contributed by atoms with Gasteiger partial charge in [0.1, 0.15) is 16.6 Å². The van der Waals surface area contributed by atoms with Gasteiger partial charge in [-0.05, 0) is 38.3 Å². The van der Waals surface area contributed by atoms with Crippen molar-refractivity contribution in [2.45, 2.75) is 38.3 Å². The van der Waals surface area contributed by atoms with Crippen molar-refractivity contribution in [3.63, 3.8) is 0 Å². The fraction of sp³-hybridized carbons (Fsp3) is 0.429. The molecule has 0 N–H and O–H groups in total. The zero-order chi connectivity index (χ0) is 20.7. The molecule has 30 heavy (non-hydrogen) atoms. The SMILES string of the molecule is Cc1onc(-c2ccc(Cl)nc2)c1Cn1ncc(N2CCC3(CCO3)CC2)cc1=O. The number of halogens is 1. The second kappa shape index (κ2) is 7.52. The maximum Gasteiger partial charge on any atom is 0.269 e. The molecule has 0 radical (unpaired) electrons. The Bertz CT molecular complexity index is 1110. The predicted octanol–water partition coefficient (Wildman–Crippen LogP) is 3.06. The van der Waals surface area contributed by atoms with Gasteiger partial charge in [0.2, 0.25) is 0 Å². The largest absolute Gasteiger partial charge is 0.375 e. The molecule has 2 aliphatic rings. The van der Waals surface area contributed by atoms with E-state index in [0.29, 0.717) is 16.6 Å². The number of anilines is 1. The van der Waals surface area contributed by atoms with Crippen molar-refractivity contribution in [2.24, 2.45) is 0 Å². The van der Waals surface area contributed by atoms with Crippen LogP contribution in [-0.4, -0.2) is 45.2 Å². The average molecular weight is 428 g/mol. The van der Waals surface area contributed by atoms with Crippen LogP contribution in [0.4, 0.5) is 5.69 Å². The van der Waals surface area contributed by atoms with Gasteiger partial charge in [-0.1, -0.05) is 16.8 Å². The number of pyridine rings is 1. The topological polar surface area (TPSA) is 86.3 Å². The summed E-state index contributed by atoms with van der Waals surface area (Å²) in [6, 6.07) is 5.17. The molecule has 1 spiro atoms. The molecule has 0 saturated carbocycles. The van der Waals surface area contributed by atoms with E-state index in [1.807, 2.05) is 13.0 Å². The number of hydrogen-bond acceptors (Lipinski definition) is 7. The van der Waals surface area contributed by atoms with E-state index >= 15 is 0 Å². The number of aromatic nitrogens is 4. The molecular formula is C21H22ClN5O3. The van der Waals surface area contributed by atoms with Crippen molar-refractivity contribution in [1.29, 1.82) is 0 Å². The summed E-state index contributed by atoms with van der Waals surface area (Å²) in [5.41, 5.74) is 2.98. The third kappa shape index (κ3) is 3.50. The van der Waals surface area contributed by atoms with Gasteiger partial charge in [-0.2, -0.15) is 5.10 Å². The van der Waals surface area contributed by atoms with E-state index in [-0.39, 0.29) is 17.7 Å². The highest BCUT2D eigenvalue weighted by Gasteiger charge is 2.41. The molecule has 156 valence electrons. The van der Waals surface area contributed by atoms with Crippen LogP contribution in [0.1, 0.15) is 30.6 Å². The molecule has 2 saturated heterocycles. The minimum atomic E-state index is -0.159. The second-order valence-electron chi connectivity index (χ2n) is 7.91. The van der Waals surface area contributed by atoms with Gasteiger partial charge in [0.15, 0.2) is 0 Å². The van der Waals surface area contributed by atoms with Crippen molar-refractivity contribution < 1.29 is 9.26 Å². The Labute approximate surface area is 178 Å². The van der Waals surface area contributed by atoms with E-state index in [4.69, 9.17) is 20.9 Å². The zero-order valence-corrected chi connectivity index (χ0v) is 17.4. The van der Waals surface area contributed by atoms with Crippen molar-refractivity contribution in [3.8, 4) is 11.3 Å². The summed E-state index contributed by atoms with van der Waals surface area (Å²) in [5, 5.41) is 8.96. The smallest absolute Gasteiger partial charge is 0.269 e. The van der Waals surface area contributed by atoms with Gasteiger partial charge in [-0.15, -0.1) is 0 Å². The number of hydrogen-bond donors (Lipinski definition) is 0. The molecular weight excluding hydrogens is 406 g/mol. The van der Waals surface area contributed by atoms with Crippen LogP contribution in [-0.2, 0) is 11.3 Å². The quantitative estimate of drug-likeness (QED) is 0.591. The molecule has 0 amide bonds. The third-order valence-electron chi connectivity index (χ3n) is 6.15. The zero-order valence-electron chi connectivity index (χ0n) is 16.7. The van der Waals surface area contributed by atoms with Crippen LogP contribution in [0.2, 0.25) is 5.15 Å². The molecule has 8 nitrogen and oxygen atoms in total. The maximum absolute atomic E-state index is 12.8. The highest BCUT2D eigenvalue weighted by molar-refractivity contribution is 6.29. The standard InChI is InChI=1S/C21H22ClN5O3/c1-14-17(20(25-30-14)15-2-3-18(22)23-11-15)13-27-19(28)10-16(12-24-27)26-7-4-21(5-8-26)6-9-29-21/h2-3,10-12H,4-9,13H2,1H3. The summed E-state index contributed by atoms with van der Waals surface area (Å²) in [7, 11) is 0. The van der Waals surface area contributed by atoms with Crippen LogP contribution >= 0.6 is 11.6 Å².